The maximum Gasteiger partial charge on any atom is 0.0958 e. The van der Waals surface area contributed by atoms with Crippen LogP contribution in [-0.4, -0.2) is 22.6 Å². The van der Waals surface area contributed by atoms with Gasteiger partial charge in [0.15, 0.2) is 0 Å². The second-order valence-electron chi connectivity index (χ2n) is 6.14. The number of aromatic nitrogens is 2. The Hall–Kier alpha value is -1.35. The van der Waals surface area contributed by atoms with Crippen LogP contribution in [0.25, 0.3) is 11.0 Å². The number of hydrogen-bond donors (Lipinski definition) is 1. The SMILES string of the molecule is CCCn1cnc2cc3c(cc21)C1CNCC(C3)C1. The predicted octanol–water partition coefficient (Wildman–Crippen LogP) is 2.70. The summed E-state index contributed by atoms with van der Waals surface area (Å²) >= 11 is 0. The third-order valence-electron chi connectivity index (χ3n) is 4.74. The highest BCUT2D eigenvalue weighted by atomic mass is 15.0. The zero-order chi connectivity index (χ0) is 12.8. The van der Waals surface area contributed by atoms with Crippen molar-refractivity contribution in [1.29, 1.82) is 0 Å². The van der Waals surface area contributed by atoms with Crippen LogP contribution in [0.5, 0.6) is 0 Å². The van der Waals surface area contributed by atoms with Gasteiger partial charge in [-0.3, -0.25) is 0 Å². The maximum atomic E-state index is 4.59. The van der Waals surface area contributed by atoms with Gasteiger partial charge in [0, 0.05) is 13.1 Å². The van der Waals surface area contributed by atoms with Crippen LogP contribution >= 0.6 is 0 Å². The Kier molecular flexibility index (Phi) is 2.62. The van der Waals surface area contributed by atoms with Crippen molar-refractivity contribution in [3.63, 3.8) is 0 Å². The van der Waals surface area contributed by atoms with Crippen molar-refractivity contribution in [2.75, 3.05) is 13.1 Å². The third-order valence-corrected chi connectivity index (χ3v) is 4.74. The molecule has 100 valence electrons. The molecule has 2 heterocycles. The lowest BCUT2D eigenvalue weighted by Gasteiger charge is -2.36. The summed E-state index contributed by atoms with van der Waals surface area (Å²) in [5, 5.41) is 3.59. The van der Waals surface area contributed by atoms with Crippen molar-refractivity contribution < 1.29 is 0 Å². The zero-order valence-corrected chi connectivity index (χ0v) is 11.5. The Balaban J connectivity index is 1.85. The fourth-order valence-corrected chi connectivity index (χ4v) is 3.87. The average molecular weight is 255 g/mol. The van der Waals surface area contributed by atoms with Gasteiger partial charge in [0.05, 0.1) is 17.4 Å². The molecule has 1 saturated heterocycles. The Bertz CT molecular complexity index is 614. The van der Waals surface area contributed by atoms with Crippen molar-refractivity contribution >= 4 is 11.0 Å². The largest absolute Gasteiger partial charge is 0.331 e. The minimum Gasteiger partial charge on any atom is -0.331 e. The van der Waals surface area contributed by atoms with Gasteiger partial charge in [-0.15, -0.1) is 0 Å². The van der Waals surface area contributed by atoms with Crippen LogP contribution in [0.15, 0.2) is 18.5 Å². The fraction of sp³-hybridized carbons (Fsp3) is 0.562. The van der Waals surface area contributed by atoms with Crippen LogP contribution in [0.1, 0.15) is 36.8 Å². The van der Waals surface area contributed by atoms with Gasteiger partial charge >= 0.3 is 0 Å². The van der Waals surface area contributed by atoms with Gasteiger partial charge in [-0.2, -0.15) is 0 Å². The number of piperidine rings is 1. The molecule has 2 bridgehead atoms. The summed E-state index contributed by atoms with van der Waals surface area (Å²) in [5.41, 5.74) is 5.63. The van der Waals surface area contributed by atoms with Crippen molar-refractivity contribution in [3.05, 3.63) is 29.6 Å². The first kappa shape index (κ1) is 11.5. The lowest BCUT2D eigenvalue weighted by atomic mass is 9.74. The van der Waals surface area contributed by atoms with Gasteiger partial charge in [-0.25, -0.2) is 4.98 Å². The number of imidazole rings is 1. The Morgan fingerprint density at radius 1 is 1.37 bits per heavy atom. The number of nitrogens with one attached hydrogen (secondary N) is 1. The molecular weight excluding hydrogens is 234 g/mol. The smallest absolute Gasteiger partial charge is 0.0958 e. The highest BCUT2D eigenvalue weighted by Crippen LogP contribution is 2.38. The Labute approximate surface area is 114 Å². The third kappa shape index (κ3) is 1.79. The first-order valence-electron chi connectivity index (χ1n) is 7.53. The monoisotopic (exact) mass is 255 g/mol. The molecule has 0 radical (unpaired) electrons. The molecule has 1 aromatic heterocycles. The lowest BCUT2D eigenvalue weighted by Crippen LogP contribution is -2.39. The molecule has 1 fully saturated rings. The highest BCUT2D eigenvalue weighted by Gasteiger charge is 2.30. The first-order valence-corrected chi connectivity index (χ1v) is 7.53. The van der Waals surface area contributed by atoms with Gasteiger partial charge < -0.3 is 9.88 Å². The summed E-state index contributed by atoms with van der Waals surface area (Å²) < 4.78 is 2.30. The summed E-state index contributed by atoms with van der Waals surface area (Å²) in [5.74, 6) is 1.55. The summed E-state index contributed by atoms with van der Waals surface area (Å²) in [7, 11) is 0. The Morgan fingerprint density at radius 2 is 2.32 bits per heavy atom. The Morgan fingerprint density at radius 3 is 3.21 bits per heavy atom. The molecule has 1 aliphatic carbocycles. The summed E-state index contributed by atoms with van der Waals surface area (Å²) in [6.45, 7) is 5.63. The average Bonchev–Trinajstić information content (AvgIpc) is 2.80. The van der Waals surface area contributed by atoms with E-state index in [1.54, 1.807) is 11.1 Å². The number of nitrogens with zero attached hydrogens (tertiary/aromatic N) is 2. The molecule has 19 heavy (non-hydrogen) atoms. The molecule has 2 aliphatic rings. The van der Waals surface area contributed by atoms with Crippen molar-refractivity contribution in [3.8, 4) is 0 Å². The second-order valence-corrected chi connectivity index (χ2v) is 6.14. The summed E-state index contributed by atoms with van der Waals surface area (Å²) in [6, 6.07) is 4.77. The molecule has 3 nitrogen and oxygen atoms in total. The number of aryl methyl sites for hydroxylation is 1. The van der Waals surface area contributed by atoms with Gasteiger partial charge in [-0.05, 0) is 60.9 Å². The van der Waals surface area contributed by atoms with E-state index in [9.17, 15) is 0 Å². The van der Waals surface area contributed by atoms with Crippen molar-refractivity contribution in [2.24, 2.45) is 5.92 Å². The molecule has 1 N–H and O–H groups in total. The van der Waals surface area contributed by atoms with E-state index in [4.69, 9.17) is 0 Å². The second kappa shape index (κ2) is 4.34. The van der Waals surface area contributed by atoms with Gasteiger partial charge in [0.1, 0.15) is 0 Å². The van der Waals surface area contributed by atoms with E-state index in [1.165, 1.54) is 30.4 Å². The number of benzene rings is 1. The van der Waals surface area contributed by atoms with Crippen LogP contribution in [-0.2, 0) is 13.0 Å². The molecule has 3 heteroatoms. The van der Waals surface area contributed by atoms with Gasteiger partial charge in [0.25, 0.3) is 0 Å². The lowest BCUT2D eigenvalue weighted by molar-refractivity contribution is 0.318. The van der Waals surface area contributed by atoms with Crippen molar-refractivity contribution in [2.45, 2.75) is 38.6 Å². The van der Waals surface area contributed by atoms with Gasteiger partial charge in [0.2, 0.25) is 0 Å². The minimum absolute atomic E-state index is 0.719. The molecular formula is C16H21N3. The molecule has 0 saturated carbocycles. The van der Waals surface area contributed by atoms with Crippen LogP contribution in [0.3, 0.4) is 0 Å². The van der Waals surface area contributed by atoms with E-state index in [1.807, 2.05) is 6.33 Å². The van der Waals surface area contributed by atoms with Crippen LogP contribution < -0.4 is 5.32 Å². The molecule has 2 aromatic rings. The number of rotatable bonds is 2. The quantitative estimate of drug-likeness (QED) is 0.894. The number of hydrogen-bond acceptors (Lipinski definition) is 2. The fourth-order valence-electron chi connectivity index (χ4n) is 3.87. The van der Waals surface area contributed by atoms with E-state index in [-0.39, 0.29) is 0 Å². The van der Waals surface area contributed by atoms with Crippen LogP contribution in [0.4, 0.5) is 0 Å². The van der Waals surface area contributed by atoms with E-state index < -0.39 is 0 Å². The zero-order valence-electron chi connectivity index (χ0n) is 11.5. The highest BCUT2D eigenvalue weighted by molar-refractivity contribution is 5.78. The molecule has 4 rings (SSSR count). The van der Waals surface area contributed by atoms with E-state index in [2.05, 4.69) is 33.9 Å². The molecule has 0 amide bonds. The minimum atomic E-state index is 0.719. The van der Waals surface area contributed by atoms with Crippen LogP contribution in [0.2, 0.25) is 0 Å². The molecule has 1 aromatic carbocycles. The standard InChI is InChI=1S/C16H21N3/c1-2-3-19-10-18-15-6-12-4-11-5-13(9-17-8-11)14(12)7-16(15)19/h6-7,10-11,13,17H,2-5,8-9H2,1H3. The molecule has 1 aliphatic heterocycles. The van der Waals surface area contributed by atoms with Crippen molar-refractivity contribution in [1.82, 2.24) is 14.9 Å². The van der Waals surface area contributed by atoms with E-state index in [0.717, 1.165) is 31.3 Å². The first-order chi connectivity index (χ1) is 9.35. The van der Waals surface area contributed by atoms with E-state index >= 15 is 0 Å². The van der Waals surface area contributed by atoms with Gasteiger partial charge in [-0.1, -0.05) is 6.92 Å². The normalized spacial score (nSPS) is 25.5. The van der Waals surface area contributed by atoms with Crippen LogP contribution in [0, 0.1) is 5.92 Å². The maximum absolute atomic E-state index is 4.59. The molecule has 0 spiro atoms. The number of fused-ring (bicyclic) bond motifs is 5. The van der Waals surface area contributed by atoms with E-state index in [0.29, 0.717) is 0 Å². The predicted molar refractivity (Wildman–Crippen MR) is 77.4 cm³/mol. The topological polar surface area (TPSA) is 29.9 Å². The summed E-state index contributed by atoms with van der Waals surface area (Å²) in [6.07, 6.45) is 5.77. The summed E-state index contributed by atoms with van der Waals surface area (Å²) in [4.78, 5) is 4.59. The molecule has 2 atom stereocenters. The molecule has 2 unspecified atom stereocenters.